The minimum Gasteiger partial charge on any atom is -0.460 e. The Morgan fingerprint density at radius 1 is 1.40 bits per heavy atom. The average molecular weight is 272 g/mol. The minimum atomic E-state index is -0.612. The van der Waals surface area contributed by atoms with Crippen LogP contribution in [0.2, 0.25) is 0 Å². The van der Waals surface area contributed by atoms with Gasteiger partial charge in [-0.2, -0.15) is 0 Å². The van der Waals surface area contributed by atoms with Crippen LogP contribution in [0.25, 0.3) is 17.0 Å². The molecule has 1 heterocycles. The lowest BCUT2D eigenvalue weighted by Crippen LogP contribution is -2.15. The van der Waals surface area contributed by atoms with Crippen molar-refractivity contribution < 1.29 is 13.9 Å². The molecular weight excluding hydrogens is 256 g/mol. The zero-order chi connectivity index (χ0) is 14.7. The molecule has 0 saturated carbocycles. The lowest BCUT2D eigenvalue weighted by Gasteiger charge is -2.07. The van der Waals surface area contributed by atoms with Crippen LogP contribution in [-0.2, 0) is 4.74 Å². The lowest BCUT2D eigenvalue weighted by atomic mass is 10.1. The summed E-state index contributed by atoms with van der Waals surface area (Å²) < 4.78 is 10.6. The number of para-hydroxylation sites is 1. The molecular formula is C16H16O4. The van der Waals surface area contributed by atoms with Gasteiger partial charge in [0.1, 0.15) is 5.58 Å². The third-order valence-electron chi connectivity index (χ3n) is 2.98. The molecule has 4 heteroatoms. The molecule has 0 spiro atoms. The predicted octanol–water partition coefficient (Wildman–Crippen LogP) is 3.31. The Morgan fingerprint density at radius 2 is 2.15 bits per heavy atom. The molecule has 0 bridgehead atoms. The second-order valence-corrected chi connectivity index (χ2v) is 4.33. The molecule has 2 rings (SSSR count). The third-order valence-corrected chi connectivity index (χ3v) is 2.98. The molecule has 104 valence electrons. The van der Waals surface area contributed by atoms with Crippen LogP contribution < -0.4 is 5.43 Å². The van der Waals surface area contributed by atoms with Crippen LogP contribution in [0, 0.1) is 6.92 Å². The van der Waals surface area contributed by atoms with E-state index in [4.69, 9.17) is 9.15 Å². The molecule has 1 aromatic heterocycles. The second-order valence-electron chi connectivity index (χ2n) is 4.33. The van der Waals surface area contributed by atoms with Gasteiger partial charge in [0, 0.05) is 11.1 Å². The molecule has 0 atom stereocenters. The number of fused-ring (bicyclic) bond motifs is 1. The first-order chi connectivity index (χ1) is 9.60. The van der Waals surface area contributed by atoms with E-state index < -0.39 is 5.97 Å². The summed E-state index contributed by atoms with van der Waals surface area (Å²) in [5, 5.41) is 0.464. The summed E-state index contributed by atoms with van der Waals surface area (Å²) >= 11 is 0. The van der Waals surface area contributed by atoms with Crippen LogP contribution in [-0.4, -0.2) is 12.6 Å². The van der Waals surface area contributed by atoms with Gasteiger partial charge in [0.05, 0.1) is 12.0 Å². The molecule has 0 fully saturated rings. The number of allylic oxidation sites excluding steroid dienone is 1. The summed E-state index contributed by atoms with van der Waals surface area (Å²) in [6.45, 7) is 5.38. The van der Waals surface area contributed by atoms with Gasteiger partial charge in [-0.05, 0) is 26.8 Å². The fraction of sp³-hybridized carbons (Fsp3) is 0.250. The van der Waals surface area contributed by atoms with E-state index in [1.165, 1.54) is 0 Å². The Morgan fingerprint density at radius 3 is 2.80 bits per heavy atom. The topological polar surface area (TPSA) is 56.5 Å². The van der Waals surface area contributed by atoms with Crippen molar-refractivity contribution in [1.29, 1.82) is 0 Å². The number of rotatable bonds is 3. The first kappa shape index (κ1) is 14.1. The number of ether oxygens (including phenoxy) is 1. The summed E-state index contributed by atoms with van der Waals surface area (Å²) in [6.07, 6.45) is 3.67. The Balaban J connectivity index is 2.79. The smallest absolute Gasteiger partial charge is 0.374 e. The van der Waals surface area contributed by atoms with Crippen LogP contribution in [0.5, 0.6) is 0 Å². The van der Waals surface area contributed by atoms with E-state index in [0.717, 1.165) is 5.56 Å². The van der Waals surface area contributed by atoms with Crippen molar-refractivity contribution in [3.8, 4) is 0 Å². The van der Waals surface area contributed by atoms with Gasteiger partial charge in [-0.3, -0.25) is 4.79 Å². The van der Waals surface area contributed by atoms with Gasteiger partial charge in [0.25, 0.3) is 0 Å². The van der Waals surface area contributed by atoms with Crippen molar-refractivity contribution in [2.45, 2.75) is 20.8 Å². The maximum absolute atomic E-state index is 12.3. The average Bonchev–Trinajstić information content (AvgIpc) is 2.44. The van der Waals surface area contributed by atoms with Crippen LogP contribution in [0.4, 0.5) is 0 Å². The van der Waals surface area contributed by atoms with Gasteiger partial charge >= 0.3 is 5.97 Å². The molecule has 20 heavy (non-hydrogen) atoms. The van der Waals surface area contributed by atoms with E-state index >= 15 is 0 Å². The van der Waals surface area contributed by atoms with Crippen molar-refractivity contribution in [3.63, 3.8) is 0 Å². The highest BCUT2D eigenvalue weighted by molar-refractivity contribution is 5.92. The van der Waals surface area contributed by atoms with Crippen molar-refractivity contribution in [3.05, 3.63) is 51.4 Å². The standard InChI is InChI=1S/C16H16O4/c1-4-7-11-8-6-9-12-13(17)10(3)14(20-15(11)12)16(18)19-5-2/h4,6-9H,5H2,1-3H3/b7-4+. The van der Waals surface area contributed by atoms with E-state index in [2.05, 4.69) is 0 Å². The van der Waals surface area contributed by atoms with Gasteiger partial charge in [0.15, 0.2) is 5.43 Å². The first-order valence-corrected chi connectivity index (χ1v) is 6.46. The maximum Gasteiger partial charge on any atom is 0.374 e. The Kier molecular flexibility index (Phi) is 4.03. The summed E-state index contributed by atoms with van der Waals surface area (Å²) in [5.74, 6) is -0.638. The third kappa shape index (κ3) is 2.37. The highest BCUT2D eigenvalue weighted by atomic mass is 16.5. The number of hydrogen-bond donors (Lipinski definition) is 0. The second kappa shape index (κ2) is 5.74. The fourth-order valence-electron chi connectivity index (χ4n) is 2.03. The number of hydrogen-bond acceptors (Lipinski definition) is 4. The van der Waals surface area contributed by atoms with Gasteiger partial charge < -0.3 is 9.15 Å². The summed E-state index contributed by atoms with van der Waals surface area (Å²) in [4.78, 5) is 24.2. The van der Waals surface area contributed by atoms with Crippen LogP contribution in [0.15, 0.2) is 33.5 Å². The Hall–Kier alpha value is -2.36. The van der Waals surface area contributed by atoms with Gasteiger partial charge in [0.2, 0.25) is 5.76 Å². The van der Waals surface area contributed by atoms with Gasteiger partial charge in [-0.15, -0.1) is 0 Å². The lowest BCUT2D eigenvalue weighted by molar-refractivity contribution is 0.0489. The number of carbonyl (C=O) groups excluding carboxylic acids is 1. The predicted molar refractivity (Wildman–Crippen MR) is 77.9 cm³/mol. The molecule has 0 radical (unpaired) electrons. The maximum atomic E-state index is 12.3. The molecule has 1 aromatic carbocycles. The monoisotopic (exact) mass is 272 g/mol. The first-order valence-electron chi connectivity index (χ1n) is 6.46. The van der Waals surface area contributed by atoms with E-state index in [9.17, 15) is 9.59 Å². The molecule has 0 unspecified atom stereocenters. The molecule has 0 aliphatic rings. The van der Waals surface area contributed by atoms with E-state index in [1.807, 2.05) is 25.1 Å². The highest BCUT2D eigenvalue weighted by Gasteiger charge is 2.19. The molecule has 0 amide bonds. The fourth-order valence-corrected chi connectivity index (χ4v) is 2.03. The van der Waals surface area contributed by atoms with Crippen molar-refractivity contribution in [2.75, 3.05) is 6.61 Å². The zero-order valence-electron chi connectivity index (χ0n) is 11.7. The SMILES string of the molecule is C/C=C/c1cccc2c(=O)c(C)c(C(=O)OCC)oc12. The van der Waals surface area contributed by atoms with E-state index in [1.54, 1.807) is 26.0 Å². The van der Waals surface area contributed by atoms with E-state index in [0.29, 0.717) is 11.0 Å². The molecule has 0 aliphatic carbocycles. The van der Waals surface area contributed by atoms with Gasteiger partial charge in [-0.25, -0.2) is 4.79 Å². The summed E-state index contributed by atoms with van der Waals surface area (Å²) in [7, 11) is 0. The normalized spacial score (nSPS) is 11.2. The quantitative estimate of drug-likeness (QED) is 0.804. The van der Waals surface area contributed by atoms with Crippen molar-refractivity contribution in [1.82, 2.24) is 0 Å². The number of esters is 1. The number of carbonyl (C=O) groups is 1. The van der Waals surface area contributed by atoms with Crippen molar-refractivity contribution >= 4 is 23.0 Å². The molecule has 4 nitrogen and oxygen atoms in total. The van der Waals surface area contributed by atoms with Crippen molar-refractivity contribution in [2.24, 2.45) is 0 Å². The zero-order valence-corrected chi connectivity index (χ0v) is 11.7. The van der Waals surface area contributed by atoms with Crippen LogP contribution >= 0.6 is 0 Å². The summed E-state index contributed by atoms with van der Waals surface area (Å²) in [5.41, 5.74) is 1.23. The minimum absolute atomic E-state index is 0.0266. The number of benzene rings is 1. The largest absolute Gasteiger partial charge is 0.460 e. The van der Waals surface area contributed by atoms with Gasteiger partial charge in [-0.1, -0.05) is 24.3 Å². The van der Waals surface area contributed by atoms with Crippen LogP contribution in [0.1, 0.15) is 35.5 Å². The molecule has 0 N–H and O–H groups in total. The van der Waals surface area contributed by atoms with E-state index in [-0.39, 0.29) is 23.4 Å². The van der Waals surface area contributed by atoms with Crippen LogP contribution in [0.3, 0.4) is 0 Å². The molecule has 0 saturated heterocycles. The molecule has 2 aromatic rings. The summed E-state index contributed by atoms with van der Waals surface area (Å²) in [6, 6.07) is 5.31. The Bertz CT molecular complexity index is 738. The Labute approximate surface area is 116 Å². The molecule has 0 aliphatic heterocycles. The highest BCUT2D eigenvalue weighted by Crippen LogP contribution is 2.21.